The highest BCUT2D eigenvalue weighted by Crippen LogP contribution is 2.14. The molecule has 0 aliphatic carbocycles. The summed E-state index contributed by atoms with van der Waals surface area (Å²) in [6.45, 7) is 6.93. The van der Waals surface area contributed by atoms with Gasteiger partial charge in [-0.1, -0.05) is 19.9 Å². The molecule has 0 saturated heterocycles. The van der Waals surface area contributed by atoms with Crippen molar-refractivity contribution in [3.63, 3.8) is 0 Å². The first kappa shape index (κ1) is 17.7. The van der Waals surface area contributed by atoms with Crippen LogP contribution in [0.3, 0.4) is 0 Å². The van der Waals surface area contributed by atoms with Crippen LogP contribution in [0.25, 0.3) is 0 Å². The predicted molar refractivity (Wildman–Crippen MR) is 84.8 cm³/mol. The van der Waals surface area contributed by atoms with Crippen molar-refractivity contribution in [2.75, 3.05) is 19.3 Å². The van der Waals surface area contributed by atoms with Crippen LogP contribution in [0.2, 0.25) is 0 Å². The van der Waals surface area contributed by atoms with E-state index in [2.05, 4.69) is 25.7 Å². The van der Waals surface area contributed by atoms with Crippen LogP contribution in [0.4, 0.5) is 0 Å². The second-order valence-electron chi connectivity index (χ2n) is 5.92. The van der Waals surface area contributed by atoms with Gasteiger partial charge in [-0.3, -0.25) is 0 Å². The van der Waals surface area contributed by atoms with E-state index in [1.807, 2.05) is 13.1 Å². The molecule has 0 aliphatic heterocycles. The molecule has 0 fully saturated rings. The Morgan fingerprint density at radius 3 is 2.52 bits per heavy atom. The molecule has 5 heteroatoms. The number of rotatable bonds is 7. The van der Waals surface area contributed by atoms with Crippen LogP contribution in [-0.4, -0.2) is 38.7 Å². The van der Waals surface area contributed by atoms with E-state index in [4.69, 9.17) is 5.26 Å². The second kappa shape index (κ2) is 7.58. The number of benzene rings is 1. The fourth-order valence-corrected chi connectivity index (χ4v) is 3.58. The van der Waals surface area contributed by atoms with Crippen LogP contribution < -0.4 is 0 Å². The zero-order chi connectivity index (χ0) is 16.0. The molecule has 0 radical (unpaired) electrons. The maximum atomic E-state index is 12.3. The van der Waals surface area contributed by atoms with Crippen molar-refractivity contribution in [2.24, 2.45) is 5.92 Å². The number of hydrogen-bond acceptors (Lipinski definition) is 4. The molecule has 0 saturated carbocycles. The highest BCUT2D eigenvalue weighted by atomic mass is 32.2. The molecular formula is C16H24N2O2S. The third kappa shape index (κ3) is 5.49. The van der Waals surface area contributed by atoms with Crippen molar-refractivity contribution in [3.8, 4) is 6.07 Å². The fourth-order valence-electron chi connectivity index (χ4n) is 2.22. The van der Waals surface area contributed by atoms with Crippen LogP contribution in [0, 0.1) is 17.2 Å². The summed E-state index contributed by atoms with van der Waals surface area (Å²) in [5.41, 5.74) is 0.373. The molecule has 0 bridgehead atoms. The Hall–Kier alpha value is -1.38. The number of nitriles is 1. The first-order chi connectivity index (χ1) is 9.76. The summed E-state index contributed by atoms with van der Waals surface area (Å²) in [5, 5.41) is 8.85. The average molecular weight is 308 g/mol. The van der Waals surface area contributed by atoms with Gasteiger partial charge >= 0.3 is 0 Å². The Kier molecular flexibility index (Phi) is 6.38. The van der Waals surface area contributed by atoms with E-state index in [1.54, 1.807) is 18.2 Å². The molecule has 0 heterocycles. The molecule has 1 rings (SSSR count). The lowest BCUT2D eigenvalue weighted by atomic mass is 10.0. The van der Waals surface area contributed by atoms with E-state index in [9.17, 15) is 8.42 Å². The minimum Gasteiger partial charge on any atom is -0.303 e. The second-order valence-corrected chi connectivity index (χ2v) is 8.03. The van der Waals surface area contributed by atoms with E-state index in [-0.39, 0.29) is 10.6 Å². The molecule has 0 amide bonds. The molecule has 1 aromatic rings. The smallest absolute Gasteiger partial charge is 0.179 e. The normalized spacial score (nSPS) is 13.4. The molecule has 1 aromatic carbocycles. The zero-order valence-electron chi connectivity index (χ0n) is 13.2. The summed E-state index contributed by atoms with van der Waals surface area (Å²) in [5.74, 6) is 0.659. The van der Waals surface area contributed by atoms with Crippen LogP contribution in [0.15, 0.2) is 29.2 Å². The van der Waals surface area contributed by atoms with Crippen LogP contribution >= 0.6 is 0 Å². The van der Waals surface area contributed by atoms with Crippen LogP contribution in [0.1, 0.15) is 32.8 Å². The molecule has 1 atom stereocenters. The number of sulfone groups is 1. The number of hydrogen-bond donors (Lipinski definition) is 0. The summed E-state index contributed by atoms with van der Waals surface area (Å²) in [6, 6.07) is 8.52. The Labute approximate surface area is 128 Å². The predicted octanol–water partition coefficient (Wildman–Crippen LogP) is 2.70. The van der Waals surface area contributed by atoms with E-state index in [1.165, 1.54) is 6.07 Å². The van der Waals surface area contributed by atoms with Gasteiger partial charge in [0.05, 0.1) is 22.3 Å². The largest absolute Gasteiger partial charge is 0.303 e. The van der Waals surface area contributed by atoms with E-state index >= 15 is 0 Å². The Bertz CT molecular complexity index is 603. The summed E-state index contributed by atoms with van der Waals surface area (Å²) in [7, 11) is -1.39. The first-order valence-corrected chi connectivity index (χ1v) is 8.84. The summed E-state index contributed by atoms with van der Waals surface area (Å²) in [6.07, 6.45) is 1.04. The molecule has 0 aromatic heterocycles. The molecule has 0 N–H and O–H groups in total. The van der Waals surface area contributed by atoms with Crippen LogP contribution in [0.5, 0.6) is 0 Å². The van der Waals surface area contributed by atoms with Crippen molar-refractivity contribution in [2.45, 2.75) is 38.1 Å². The summed E-state index contributed by atoms with van der Waals surface area (Å²) < 4.78 is 24.6. The van der Waals surface area contributed by atoms with Crippen molar-refractivity contribution >= 4 is 9.84 Å². The van der Waals surface area contributed by atoms with Gasteiger partial charge in [0.2, 0.25) is 0 Å². The van der Waals surface area contributed by atoms with Crippen molar-refractivity contribution in [1.29, 1.82) is 5.26 Å². The average Bonchev–Trinajstić information content (AvgIpc) is 2.44. The maximum Gasteiger partial charge on any atom is 0.179 e. The van der Waals surface area contributed by atoms with Gasteiger partial charge < -0.3 is 4.90 Å². The van der Waals surface area contributed by atoms with Crippen LogP contribution in [-0.2, 0) is 9.84 Å². The van der Waals surface area contributed by atoms with E-state index < -0.39 is 9.84 Å². The molecule has 0 spiro atoms. The third-order valence-corrected chi connectivity index (χ3v) is 5.29. The van der Waals surface area contributed by atoms with Crippen molar-refractivity contribution in [1.82, 2.24) is 4.90 Å². The first-order valence-electron chi connectivity index (χ1n) is 7.19. The minimum atomic E-state index is -3.34. The molecule has 1 unspecified atom stereocenters. The lowest BCUT2D eigenvalue weighted by molar-refractivity contribution is 0.240. The van der Waals surface area contributed by atoms with Gasteiger partial charge in [-0.25, -0.2) is 8.42 Å². The Morgan fingerprint density at radius 2 is 1.95 bits per heavy atom. The van der Waals surface area contributed by atoms with Gasteiger partial charge in [-0.2, -0.15) is 5.26 Å². The number of nitrogens with zero attached hydrogens (tertiary/aromatic N) is 2. The highest BCUT2D eigenvalue weighted by molar-refractivity contribution is 7.91. The summed E-state index contributed by atoms with van der Waals surface area (Å²) in [4.78, 5) is 2.30. The topological polar surface area (TPSA) is 61.2 Å². The van der Waals surface area contributed by atoms with Crippen molar-refractivity contribution < 1.29 is 8.42 Å². The molecule has 21 heavy (non-hydrogen) atoms. The van der Waals surface area contributed by atoms with E-state index in [0.717, 1.165) is 6.42 Å². The third-order valence-electron chi connectivity index (χ3n) is 3.60. The van der Waals surface area contributed by atoms with Gasteiger partial charge in [0, 0.05) is 12.6 Å². The fraction of sp³-hybridized carbons (Fsp3) is 0.562. The van der Waals surface area contributed by atoms with E-state index in [0.29, 0.717) is 24.1 Å². The van der Waals surface area contributed by atoms with Gasteiger partial charge in [0.25, 0.3) is 0 Å². The Balaban J connectivity index is 2.71. The quantitative estimate of drug-likeness (QED) is 0.777. The van der Waals surface area contributed by atoms with Gasteiger partial charge in [-0.15, -0.1) is 0 Å². The Morgan fingerprint density at radius 1 is 1.29 bits per heavy atom. The maximum absolute atomic E-state index is 12.3. The highest BCUT2D eigenvalue weighted by Gasteiger charge is 2.18. The minimum absolute atomic E-state index is 0.0703. The monoisotopic (exact) mass is 308 g/mol. The molecular weight excluding hydrogens is 284 g/mol. The molecule has 116 valence electrons. The van der Waals surface area contributed by atoms with Gasteiger partial charge in [-0.05, 0) is 44.5 Å². The summed E-state index contributed by atoms with van der Waals surface area (Å²) >= 11 is 0. The molecule has 4 nitrogen and oxygen atoms in total. The van der Waals surface area contributed by atoms with Gasteiger partial charge in [0.1, 0.15) is 0 Å². The van der Waals surface area contributed by atoms with Crippen molar-refractivity contribution in [3.05, 3.63) is 29.8 Å². The SMILES string of the molecule is CC(C)CC(C)N(C)CCS(=O)(=O)c1cccc(C#N)c1. The van der Waals surface area contributed by atoms with Gasteiger partial charge in [0.15, 0.2) is 9.84 Å². The standard InChI is InChI=1S/C16H24N2O2S/c1-13(2)10-14(3)18(4)8-9-21(19,20)16-7-5-6-15(11-16)12-17/h5-7,11,13-14H,8-10H2,1-4H3. The molecule has 0 aliphatic rings. The lowest BCUT2D eigenvalue weighted by Crippen LogP contribution is -2.34. The zero-order valence-corrected chi connectivity index (χ0v) is 14.0. The lowest BCUT2D eigenvalue weighted by Gasteiger charge is -2.25.